The van der Waals surface area contributed by atoms with Crippen molar-refractivity contribution in [3.05, 3.63) is 89.5 Å². The van der Waals surface area contributed by atoms with Crippen LogP contribution in [0.4, 0.5) is 4.39 Å². The summed E-state index contributed by atoms with van der Waals surface area (Å²) in [6, 6.07) is 17.1. The molecule has 0 N–H and O–H groups in total. The number of Topliss-reactive ketones (excluding diaryl/α,β-unsaturated/α-hetero) is 1. The third-order valence-electron chi connectivity index (χ3n) is 4.16. The van der Waals surface area contributed by atoms with Crippen LogP contribution in [0, 0.1) is 5.82 Å². The zero-order chi connectivity index (χ0) is 21.0. The van der Waals surface area contributed by atoms with Gasteiger partial charge in [-0.15, -0.1) is 0 Å². The van der Waals surface area contributed by atoms with Gasteiger partial charge in [0, 0.05) is 12.0 Å². The van der Waals surface area contributed by atoms with E-state index in [9.17, 15) is 14.0 Å². The lowest BCUT2D eigenvalue weighted by molar-refractivity contribution is 0.00694. The fourth-order valence-electron chi connectivity index (χ4n) is 2.86. The monoisotopic (exact) mass is 391 g/mol. The average Bonchev–Trinajstić information content (AvgIpc) is 2.67. The normalized spacial score (nSPS) is 11.2. The van der Waals surface area contributed by atoms with Gasteiger partial charge in [0.2, 0.25) is 0 Å². The highest BCUT2D eigenvalue weighted by atomic mass is 19.1. The zero-order valence-corrected chi connectivity index (χ0v) is 16.6. The Morgan fingerprint density at radius 3 is 2.28 bits per heavy atom. The number of carbonyl (C=O) groups excluding carboxylic acids is 2. The van der Waals surface area contributed by atoms with Gasteiger partial charge in [0.15, 0.2) is 5.78 Å². The Morgan fingerprint density at radius 1 is 1.00 bits per heavy atom. The van der Waals surface area contributed by atoms with E-state index >= 15 is 0 Å². The summed E-state index contributed by atoms with van der Waals surface area (Å²) < 4.78 is 19.1. The molecule has 1 aromatic heterocycles. The second-order valence-corrected chi connectivity index (χ2v) is 7.71. The van der Waals surface area contributed by atoms with Crippen molar-refractivity contribution < 1.29 is 18.7 Å². The second-order valence-electron chi connectivity index (χ2n) is 7.71. The third-order valence-corrected chi connectivity index (χ3v) is 4.16. The van der Waals surface area contributed by atoms with E-state index in [1.165, 1.54) is 6.07 Å². The van der Waals surface area contributed by atoms with Gasteiger partial charge in [0.05, 0.1) is 11.8 Å². The molecule has 0 aliphatic carbocycles. The van der Waals surface area contributed by atoms with Crippen molar-refractivity contribution in [1.29, 1.82) is 0 Å². The minimum Gasteiger partial charge on any atom is -0.456 e. The topological polar surface area (TPSA) is 56.3 Å². The van der Waals surface area contributed by atoms with Crippen molar-refractivity contribution in [3.63, 3.8) is 0 Å². The Kier molecular flexibility index (Phi) is 5.87. The van der Waals surface area contributed by atoms with E-state index in [4.69, 9.17) is 4.74 Å². The first-order valence-corrected chi connectivity index (χ1v) is 9.29. The third kappa shape index (κ3) is 5.35. The van der Waals surface area contributed by atoms with E-state index < -0.39 is 17.4 Å². The number of benzene rings is 2. The van der Waals surface area contributed by atoms with E-state index in [0.29, 0.717) is 11.1 Å². The molecule has 0 atom stereocenters. The van der Waals surface area contributed by atoms with Crippen LogP contribution >= 0.6 is 0 Å². The Balaban J connectivity index is 1.80. The molecule has 4 nitrogen and oxygen atoms in total. The van der Waals surface area contributed by atoms with Crippen LogP contribution in [0.15, 0.2) is 66.9 Å². The summed E-state index contributed by atoms with van der Waals surface area (Å²) >= 11 is 0. The lowest BCUT2D eigenvalue weighted by Crippen LogP contribution is -2.23. The van der Waals surface area contributed by atoms with Crippen molar-refractivity contribution in [3.8, 4) is 11.1 Å². The van der Waals surface area contributed by atoms with Gasteiger partial charge in [-0.3, -0.25) is 4.79 Å². The van der Waals surface area contributed by atoms with Crippen LogP contribution in [0.3, 0.4) is 0 Å². The molecule has 2 aromatic carbocycles. The smallest absolute Gasteiger partial charge is 0.338 e. The van der Waals surface area contributed by atoms with Crippen LogP contribution in [0.5, 0.6) is 0 Å². The van der Waals surface area contributed by atoms with Gasteiger partial charge in [-0.25, -0.2) is 14.2 Å². The molecule has 0 unspecified atom stereocenters. The van der Waals surface area contributed by atoms with Crippen LogP contribution in [-0.2, 0) is 11.2 Å². The number of nitrogens with zero attached hydrogens (tertiary/aromatic N) is 1. The maximum atomic E-state index is 13.7. The highest BCUT2D eigenvalue weighted by Crippen LogP contribution is 2.24. The van der Waals surface area contributed by atoms with Crippen molar-refractivity contribution in [2.75, 3.05) is 0 Å². The van der Waals surface area contributed by atoms with Crippen LogP contribution in [0.25, 0.3) is 11.1 Å². The minimum absolute atomic E-state index is 0.0903. The first-order chi connectivity index (χ1) is 13.7. The maximum absolute atomic E-state index is 13.7. The molecule has 5 heteroatoms. The van der Waals surface area contributed by atoms with E-state index in [-0.39, 0.29) is 17.9 Å². The number of esters is 1. The summed E-state index contributed by atoms with van der Waals surface area (Å²) in [4.78, 5) is 29.0. The molecule has 29 heavy (non-hydrogen) atoms. The number of hydrogen-bond acceptors (Lipinski definition) is 4. The zero-order valence-electron chi connectivity index (χ0n) is 16.6. The number of rotatable bonds is 5. The Bertz CT molecular complexity index is 1020. The maximum Gasteiger partial charge on any atom is 0.338 e. The number of halogens is 1. The fourth-order valence-corrected chi connectivity index (χ4v) is 2.86. The summed E-state index contributed by atoms with van der Waals surface area (Å²) in [6.07, 6.45) is 1.14. The lowest BCUT2D eigenvalue weighted by atomic mass is 9.98. The Hall–Kier alpha value is -3.34. The number of pyridine rings is 1. The minimum atomic E-state index is -0.576. The highest BCUT2D eigenvalue weighted by Gasteiger charge is 2.19. The van der Waals surface area contributed by atoms with Gasteiger partial charge in [-0.05, 0) is 50.1 Å². The molecule has 0 aliphatic rings. The summed E-state index contributed by atoms with van der Waals surface area (Å²) in [6.45, 7) is 5.41. The first kappa shape index (κ1) is 20.4. The van der Waals surface area contributed by atoms with Gasteiger partial charge in [-0.1, -0.05) is 42.5 Å². The standard InChI is InChI=1S/C24H22FNO3/c1-24(2,3)29-23(28)18-11-9-16(10-12-18)13-21(27)22-20(14-19(25)15-26-22)17-7-5-4-6-8-17/h4-12,14-15H,13H2,1-3H3. The molecule has 3 aromatic rings. The van der Waals surface area contributed by atoms with E-state index in [1.807, 2.05) is 30.3 Å². The summed E-state index contributed by atoms with van der Waals surface area (Å²) in [5.74, 6) is -1.14. The summed E-state index contributed by atoms with van der Waals surface area (Å²) in [5, 5.41) is 0. The molecule has 0 radical (unpaired) electrons. The molecule has 0 spiro atoms. The molecule has 0 saturated heterocycles. The molecule has 0 fully saturated rings. The molecular formula is C24H22FNO3. The summed E-state index contributed by atoms with van der Waals surface area (Å²) in [7, 11) is 0. The number of aromatic nitrogens is 1. The molecule has 0 amide bonds. The quantitative estimate of drug-likeness (QED) is 0.439. The van der Waals surface area contributed by atoms with Gasteiger partial charge < -0.3 is 4.74 Å². The lowest BCUT2D eigenvalue weighted by Gasteiger charge is -2.19. The molecule has 1 heterocycles. The summed E-state index contributed by atoms with van der Waals surface area (Å²) in [5.41, 5.74) is 1.97. The van der Waals surface area contributed by atoms with E-state index in [0.717, 1.165) is 17.3 Å². The number of carbonyl (C=O) groups is 2. The predicted molar refractivity (Wildman–Crippen MR) is 109 cm³/mol. The van der Waals surface area contributed by atoms with Gasteiger partial charge in [0.25, 0.3) is 0 Å². The van der Waals surface area contributed by atoms with Crippen LogP contribution in [0.2, 0.25) is 0 Å². The van der Waals surface area contributed by atoms with E-state index in [2.05, 4.69) is 4.98 Å². The highest BCUT2D eigenvalue weighted by molar-refractivity contribution is 6.01. The SMILES string of the molecule is CC(C)(C)OC(=O)c1ccc(CC(=O)c2ncc(F)cc2-c2ccccc2)cc1. The molecule has 0 saturated carbocycles. The number of hydrogen-bond donors (Lipinski definition) is 0. The Labute approximate surface area is 169 Å². The van der Waals surface area contributed by atoms with Crippen molar-refractivity contribution in [2.24, 2.45) is 0 Å². The molecular weight excluding hydrogens is 369 g/mol. The van der Waals surface area contributed by atoms with Crippen molar-refractivity contribution in [1.82, 2.24) is 4.98 Å². The van der Waals surface area contributed by atoms with Crippen LogP contribution < -0.4 is 0 Å². The molecule has 3 rings (SSSR count). The van der Waals surface area contributed by atoms with Gasteiger partial charge in [-0.2, -0.15) is 0 Å². The fraction of sp³-hybridized carbons (Fsp3) is 0.208. The van der Waals surface area contributed by atoms with Gasteiger partial charge >= 0.3 is 5.97 Å². The van der Waals surface area contributed by atoms with E-state index in [1.54, 1.807) is 45.0 Å². The predicted octanol–water partition coefficient (Wildman–Crippen LogP) is 5.27. The average molecular weight is 391 g/mol. The number of ketones is 1. The molecule has 0 bridgehead atoms. The number of ether oxygens (including phenoxy) is 1. The van der Waals surface area contributed by atoms with Crippen LogP contribution in [0.1, 0.15) is 47.2 Å². The largest absolute Gasteiger partial charge is 0.456 e. The van der Waals surface area contributed by atoms with Crippen LogP contribution in [-0.4, -0.2) is 22.3 Å². The van der Waals surface area contributed by atoms with Crippen molar-refractivity contribution in [2.45, 2.75) is 32.8 Å². The second kappa shape index (κ2) is 8.35. The molecule has 0 aliphatic heterocycles. The van der Waals surface area contributed by atoms with Crippen molar-refractivity contribution >= 4 is 11.8 Å². The first-order valence-electron chi connectivity index (χ1n) is 9.29. The molecule has 148 valence electrons. The van der Waals surface area contributed by atoms with Gasteiger partial charge in [0.1, 0.15) is 17.1 Å². The Morgan fingerprint density at radius 2 is 1.66 bits per heavy atom.